The molecule has 0 aliphatic heterocycles. The summed E-state index contributed by atoms with van der Waals surface area (Å²) in [4.78, 5) is 4.28. The fourth-order valence-electron chi connectivity index (χ4n) is 2.18. The fraction of sp³-hybridized carbons (Fsp3) is 0.533. The van der Waals surface area contributed by atoms with Gasteiger partial charge in [0.25, 0.3) is 0 Å². The third-order valence-corrected chi connectivity index (χ3v) is 3.61. The molecule has 4 heteroatoms. The second kappa shape index (κ2) is 5.95. The van der Waals surface area contributed by atoms with Crippen LogP contribution in [-0.4, -0.2) is 26.2 Å². The van der Waals surface area contributed by atoms with E-state index < -0.39 is 0 Å². The van der Waals surface area contributed by atoms with Gasteiger partial charge in [-0.15, -0.1) is 0 Å². The summed E-state index contributed by atoms with van der Waals surface area (Å²) in [5, 5.41) is 6.84. The minimum Gasteiger partial charge on any atom is -0.496 e. The van der Waals surface area contributed by atoms with Crippen LogP contribution in [0.4, 0.5) is 0 Å². The van der Waals surface area contributed by atoms with E-state index in [4.69, 9.17) is 4.74 Å². The first-order valence-corrected chi connectivity index (χ1v) is 6.78. The van der Waals surface area contributed by atoms with Gasteiger partial charge in [-0.1, -0.05) is 25.1 Å². The summed E-state index contributed by atoms with van der Waals surface area (Å²) in [7, 11) is 3.50. The van der Waals surface area contributed by atoms with Crippen LogP contribution >= 0.6 is 0 Å². The fourth-order valence-corrected chi connectivity index (χ4v) is 2.18. The van der Waals surface area contributed by atoms with Crippen LogP contribution in [-0.2, 0) is 0 Å². The Kier molecular flexibility index (Phi) is 4.30. The van der Waals surface area contributed by atoms with Crippen molar-refractivity contribution in [3.8, 4) is 5.75 Å². The number of methoxy groups -OCH3 is 1. The molecule has 3 atom stereocenters. The van der Waals surface area contributed by atoms with Crippen LogP contribution in [0.3, 0.4) is 0 Å². The number of guanidine groups is 1. The van der Waals surface area contributed by atoms with Gasteiger partial charge in [-0.25, -0.2) is 0 Å². The van der Waals surface area contributed by atoms with Crippen molar-refractivity contribution in [3.05, 3.63) is 29.8 Å². The Bertz CT molecular complexity index is 458. The number of rotatable bonds is 4. The van der Waals surface area contributed by atoms with Crippen LogP contribution in [0, 0.1) is 5.92 Å². The van der Waals surface area contributed by atoms with Crippen LogP contribution in [0.25, 0.3) is 0 Å². The molecule has 1 aliphatic rings. The predicted molar refractivity (Wildman–Crippen MR) is 78.6 cm³/mol. The lowest BCUT2D eigenvalue weighted by Gasteiger charge is -2.20. The summed E-state index contributed by atoms with van der Waals surface area (Å²) in [6, 6.07) is 8.77. The van der Waals surface area contributed by atoms with E-state index in [1.165, 1.54) is 6.42 Å². The van der Waals surface area contributed by atoms with Crippen molar-refractivity contribution < 1.29 is 4.74 Å². The van der Waals surface area contributed by atoms with Crippen molar-refractivity contribution >= 4 is 5.96 Å². The van der Waals surface area contributed by atoms with Gasteiger partial charge in [-0.2, -0.15) is 0 Å². The molecule has 1 aromatic carbocycles. The Morgan fingerprint density at radius 2 is 2.11 bits per heavy atom. The highest BCUT2D eigenvalue weighted by molar-refractivity contribution is 5.80. The number of hydrogen-bond acceptors (Lipinski definition) is 2. The topological polar surface area (TPSA) is 45.7 Å². The van der Waals surface area contributed by atoms with Gasteiger partial charge in [0.2, 0.25) is 0 Å². The highest BCUT2D eigenvalue weighted by atomic mass is 16.5. The van der Waals surface area contributed by atoms with Crippen LogP contribution in [0.5, 0.6) is 5.75 Å². The molecule has 2 rings (SSSR count). The molecule has 3 unspecified atom stereocenters. The van der Waals surface area contributed by atoms with Gasteiger partial charge in [0, 0.05) is 18.7 Å². The first-order chi connectivity index (χ1) is 9.15. The molecule has 0 radical (unpaired) electrons. The molecule has 0 spiro atoms. The maximum Gasteiger partial charge on any atom is 0.191 e. The molecule has 1 fully saturated rings. The van der Waals surface area contributed by atoms with Crippen LogP contribution in [0.15, 0.2) is 29.3 Å². The summed E-state index contributed by atoms with van der Waals surface area (Å²) >= 11 is 0. The van der Waals surface area contributed by atoms with Gasteiger partial charge in [0.1, 0.15) is 5.75 Å². The quantitative estimate of drug-likeness (QED) is 0.646. The predicted octanol–water partition coefficient (Wildman–Crippen LogP) is 2.33. The highest BCUT2D eigenvalue weighted by Crippen LogP contribution is 2.29. The van der Waals surface area contributed by atoms with Crippen molar-refractivity contribution in [2.24, 2.45) is 10.9 Å². The number of ether oxygens (including phenoxy) is 1. The Balaban J connectivity index is 2.00. The van der Waals surface area contributed by atoms with Gasteiger partial charge in [0.05, 0.1) is 13.2 Å². The second-order valence-corrected chi connectivity index (χ2v) is 5.14. The Labute approximate surface area is 115 Å². The molecule has 0 bridgehead atoms. The lowest BCUT2D eigenvalue weighted by Crippen LogP contribution is -2.40. The van der Waals surface area contributed by atoms with Crippen LogP contribution in [0.2, 0.25) is 0 Å². The minimum atomic E-state index is 0.149. The van der Waals surface area contributed by atoms with E-state index in [0.717, 1.165) is 23.2 Å². The molecular weight excluding hydrogens is 238 g/mol. The van der Waals surface area contributed by atoms with Crippen LogP contribution in [0.1, 0.15) is 31.9 Å². The number of aliphatic imine (C=N–C) groups is 1. The van der Waals surface area contributed by atoms with Crippen molar-refractivity contribution in [1.29, 1.82) is 0 Å². The Morgan fingerprint density at radius 1 is 1.42 bits per heavy atom. The van der Waals surface area contributed by atoms with Crippen molar-refractivity contribution in [2.45, 2.75) is 32.4 Å². The molecule has 2 N–H and O–H groups in total. The summed E-state index contributed by atoms with van der Waals surface area (Å²) in [6.07, 6.45) is 1.23. The normalized spacial score (nSPS) is 23.7. The summed E-state index contributed by atoms with van der Waals surface area (Å²) < 4.78 is 5.39. The molecule has 19 heavy (non-hydrogen) atoms. The van der Waals surface area contributed by atoms with Crippen molar-refractivity contribution in [3.63, 3.8) is 0 Å². The molecule has 1 aromatic rings. The van der Waals surface area contributed by atoms with Crippen molar-refractivity contribution in [1.82, 2.24) is 10.6 Å². The van der Waals surface area contributed by atoms with Crippen LogP contribution < -0.4 is 15.4 Å². The standard InChI is InChI=1S/C15H23N3O/c1-10-9-13(10)18-15(16-3)17-11(2)12-7-5-6-8-14(12)19-4/h5-8,10-11,13H,9H2,1-4H3,(H2,16,17,18). The highest BCUT2D eigenvalue weighted by Gasteiger charge is 2.33. The van der Waals surface area contributed by atoms with E-state index >= 15 is 0 Å². The molecular formula is C15H23N3O. The van der Waals surface area contributed by atoms with Gasteiger partial charge in [-0.3, -0.25) is 4.99 Å². The third kappa shape index (κ3) is 3.40. The zero-order valence-electron chi connectivity index (χ0n) is 12.1. The molecule has 0 aromatic heterocycles. The van der Waals surface area contributed by atoms with E-state index in [1.54, 1.807) is 14.2 Å². The Hall–Kier alpha value is -1.71. The molecule has 1 saturated carbocycles. The number of hydrogen-bond donors (Lipinski definition) is 2. The van der Waals surface area contributed by atoms with Gasteiger partial charge in [0.15, 0.2) is 5.96 Å². The maximum atomic E-state index is 5.39. The van der Waals surface area contributed by atoms with Crippen molar-refractivity contribution in [2.75, 3.05) is 14.2 Å². The largest absolute Gasteiger partial charge is 0.496 e. The smallest absolute Gasteiger partial charge is 0.191 e. The molecule has 0 amide bonds. The minimum absolute atomic E-state index is 0.149. The van der Waals surface area contributed by atoms with E-state index in [2.05, 4.69) is 35.5 Å². The molecule has 0 heterocycles. The van der Waals surface area contributed by atoms with E-state index in [9.17, 15) is 0 Å². The van der Waals surface area contributed by atoms with E-state index in [-0.39, 0.29) is 6.04 Å². The molecule has 4 nitrogen and oxygen atoms in total. The SMILES string of the molecule is CN=C(NC(C)c1ccccc1OC)NC1CC1C. The number of nitrogens with one attached hydrogen (secondary N) is 2. The van der Waals surface area contributed by atoms with E-state index in [1.807, 2.05) is 18.2 Å². The van der Waals surface area contributed by atoms with E-state index in [0.29, 0.717) is 6.04 Å². The average Bonchev–Trinajstić information content (AvgIpc) is 3.13. The molecule has 1 aliphatic carbocycles. The zero-order chi connectivity index (χ0) is 13.8. The average molecular weight is 261 g/mol. The first kappa shape index (κ1) is 13.7. The van der Waals surface area contributed by atoms with Gasteiger partial charge < -0.3 is 15.4 Å². The first-order valence-electron chi connectivity index (χ1n) is 6.78. The number of benzene rings is 1. The zero-order valence-corrected chi connectivity index (χ0v) is 12.1. The molecule has 104 valence electrons. The second-order valence-electron chi connectivity index (χ2n) is 5.14. The number of nitrogens with zero attached hydrogens (tertiary/aromatic N) is 1. The third-order valence-electron chi connectivity index (χ3n) is 3.61. The lowest BCUT2D eigenvalue weighted by atomic mass is 10.1. The van der Waals surface area contributed by atoms with Gasteiger partial charge >= 0.3 is 0 Å². The monoisotopic (exact) mass is 261 g/mol. The summed E-state index contributed by atoms with van der Waals surface area (Å²) in [5.41, 5.74) is 1.14. The lowest BCUT2D eigenvalue weighted by molar-refractivity contribution is 0.405. The number of para-hydroxylation sites is 1. The summed E-state index contributed by atoms with van der Waals surface area (Å²) in [6.45, 7) is 4.36. The maximum absolute atomic E-state index is 5.39. The molecule has 0 saturated heterocycles. The summed E-state index contributed by atoms with van der Waals surface area (Å²) in [5.74, 6) is 2.51. The van der Waals surface area contributed by atoms with Gasteiger partial charge in [-0.05, 0) is 25.3 Å². The Morgan fingerprint density at radius 3 is 2.68 bits per heavy atom.